The Morgan fingerprint density at radius 3 is 2.28 bits per heavy atom. The van der Waals surface area contributed by atoms with Gasteiger partial charge in [0, 0.05) is 31.9 Å². The summed E-state index contributed by atoms with van der Waals surface area (Å²) in [6.45, 7) is 8.68. The Bertz CT molecular complexity index is 1740. The molecule has 3 aromatic carbocycles. The fourth-order valence-corrected chi connectivity index (χ4v) is 6.09. The Labute approximate surface area is 273 Å². The number of amides is 1. The monoisotopic (exact) mass is 640 g/mol. The van der Waals surface area contributed by atoms with Crippen molar-refractivity contribution in [3.05, 3.63) is 101 Å². The smallest absolute Gasteiger partial charge is 0.350 e. The molecule has 6 rings (SSSR count). The Balaban J connectivity index is 1.18. The Hall–Kier alpha value is -5.10. The Morgan fingerprint density at radius 2 is 1.60 bits per heavy atom. The van der Waals surface area contributed by atoms with E-state index in [1.54, 1.807) is 30.0 Å². The summed E-state index contributed by atoms with van der Waals surface area (Å²) in [6, 6.07) is 21.8. The van der Waals surface area contributed by atoms with Crippen LogP contribution >= 0.6 is 0 Å². The second-order valence-corrected chi connectivity index (χ2v) is 11.9. The van der Waals surface area contributed by atoms with Crippen LogP contribution in [0.25, 0.3) is 5.69 Å². The van der Waals surface area contributed by atoms with E-state index in [0.717, 1.165) is 22.5 Å². The highest BCUT2D eigenvalue weighted by atomic mass is 16.7. The van der Waals surface area contributed by atoms with Crippen LogP contribution in [-0.4, -0.2) is 70.7 Å². The van der Waals surface area contributed by atoms with Crippen molar-refractivity contribution in [2.24, 2.45) is 0 Å². The van der Waals surface area contributed by atoms with E-state index in [2.05, 4.69) is 20.2 Å². The van der Waals surface area contributed by atoms with Gasteiger partial charge in [-0.2, -0.15) is 5.10 Å². The third-order valence-corrected chi connectivity index (χ3v) is 8.51. The van der Waals surface area contributed by atoms with Crippen molar-refractivity contribution >= 4 is 17.6 Å². The van der Waals surface area contributed by atoms with Crippen LogP contribution in [0.15, 0.2) is 83.9 Å². The number of nitrogens with zero attached hydrogens (tertiary/aromatic N) is 5. The van der Waals surface area contributed by atoms with Gasteiger partial charge in [0.05, 0.1) is 30.8 Å². The standard InChI is InChI=1S/C35H40N6O6/c1-4-45-32(42)21-29(26-10-15-30-31(20-26)47-23-46-30)37-34(43)33(25-8-6-5-7-9-25)39-18-16-38(17-19-39)27-11-13-28(14-12-27)40-22-36-41(24(2)3)35(40)44/h5-15,20,22,24,29,33H,4,16-19,21,23H2,1-3H3,(H,37,43). The van der Waals surface area contributed by atoms with E-state index in [4.69, 9.17) is 14.2 Å². The number of nitrogens with one attached hydrogen (secondary N) is 1. The number of hydrogen-bond donors (Lipinski definition) is 1. The lowest BCUT2D eigenvalue weighted by Gasteiger charge is -2.40. The summed E-state index contributed by atoms with van der Waals surface area (Å²) in [7, 11) is 0. The number of rotatable bonds is 11. The van der Waals surface area contributed by atoms with Crippen LogP contribution < -0.4 is 25.4 Å². The molecule has 12 nitrogen and oxygen atoms in total. The van der Waals surface area contributed by atoms with Gasteiger partial charge in [-0.05, 0) is 68.3 Å². The molecule has 4 aromatic rings. The van der Waals surface area contributed by atoms with E-state index in [1.165, 1.54) is 4.68 Å². The Kier molecular flexibility index (Phi) is 9.58. The molecule has 1 N–H and O–H groups in total. The molecule has 12 heteroatoms. The minimum atomic E-state index is -0.623. The van der Waals surface area contributed by atoms with Crippen LogP contribution in [0.5, 0.6) is 11.5 Å². The van der Waals surface area contributed by atoms with E-state index in [1.807, 2.05) is 74.5 Å². The zero-order chi connectivity index (χ0) is 32.9. The lowest BCUT2D eigenvalue weighted by molar-refractivity contribution is -0.144. The normalized spacial score (nSPS) is 15.8. The number of esters is 1. The molecule has 1 amide bonds. The van der Waals surface area contributed by atoms with Crippen molar-refractivity contribution in [1.82, 2.24) is 24.6 Å². The third kappa shape index (κ3) is 7.02. The minimum Gasteiger partial charge on any atom is -0.466 e. The second-order valence-electron chi connectivity index (χ2n) is 11.9. The molecule has 2 atom stereocenters. The van der Waals surface area contributed by atoms with Gasteiger partial charge in [-0.1, -0.05) is 36.4 Å². The first kappa shape index (κ1) is 31.9. The fraction of sp³-hybridized carbons (Fsp3) is 0.371. The van der Waals surface area contributed by atoms with Gasteiger partial charge in [0.15, 0.2) is 11.5 Å². The summed E-state index contributed by atoms with van der Waals surface area (Å²) >= 11 is 0. The molecular formula is C35H40N6O6. The first-order chi connectivity index (χ1) is 22.8. The van der Waals surface area contributed by atoms with E-state index < -0.39 is 18.1 Å². The molecule has 0 spiro atoms. The van der Waals surface area contributed by atoms with E-state index in [9.17, 15) is 14.4 Å². The van der Waals surface area contributed by atoms with Gasteiger partial charge in [0.1, 0.15) is 12.4 Å². The lowest BCUT2D eigenvalue weighted by atomic mass is 9.99. The van der Waals surface area contributed by atoms with Crippen molar-refractivity contribution in [3.8, 4) is 17.2 Å². The highest BCUT2D eigenvalue weighted by Gasteiger charge is 2.33. The summed E-state index contributed by atoms with van der Waals surface area (Å²) in [6.07, 6.45) is 1.53. The average molecular weight is 641 g/mol. The fourth-order valence-electron chi connectivity index (χ4n) is 6.09. The number of anilines is 1. The summed E-state index contributed by atoms with van der Waals surface area (Å²) in [5.74, 6) is 0.603. The molecule has 0 bridgehead atoms. The SMILES string of the molecule is CCOC(=O)CC(NC(=O)C(c1ccccc1)N1CCN(c2ccc(-n3cnn(C(C)C)c3=O)cc2)CC1)c1ccc2c(c1)OCO2. The second kappa shape index (κ2) is 14.1. The van der Waals surface area contributed by atoms with Crippen molar-refractivity contribution in [1.29, 1.82) is 0 Å². The number of aromatic nitrogens is 3. The molecule has 0 radical (unpaired) electrons. The molecule has 47 heavy (non-hydrogen) atoms. The third-order valence-electron chi connectivity index (χ3n) is 8.51. The highest BCUT2D eigenvalue weighted by molar-refractivity contribution is 5.84. The summed E-state index contributed by atoms with van der Waals surface area (Å²) < 4.78 is 19.3. The maximum absolute atomic E-state index is 14.2. The highest BCUT2D eigenvalue weighted by Crippen LogP contribution is 2.35. The quantitative estimate of drug-likeness (QED) is 0.243. The summed E-state index contributed by atoms with van der Waals surface area (Å²) in [5.41, 5.74) is 3.22. The molecular weight excluding hydrogens is 600 g/mol. The number of carbonyl (C=O) groups excluding carboxylic acids is 2. The zero-order valence-electron chi connectivity index (χ0n) is 26.9. The number of fused-ring (bicyclic) bond motifs is 1. The zero-order valence-corrected chi connectivity index (χ0v) is 26.9. The van der Waals surface area contributed by atoms with Gasteiger partial charge in [0.25, 0.3) is 0 Å². The molecule has 1 saturated heterocycles. The van der Waals surface area contributed by atoms with Crippen LogP contribution in [-0.2, 0) is 14.3 Å². The van der Waals surface area contributed by atoms with Crippen LogP contribution in [0.4, 0.5) is 5.69 Å². The molecule has 246 valence electrons. The van der Waals surface area contributed by atoms with Gasteiger partial charge < -0.3 is 24.4 Å². The predicted molar refractivity (Wildman–Crippen MR) is 176 cm³/mol. The first-order valence-electron chi connectivity index (χ1n) is 16.0. The summed E-state index contributed by atoms with van der Waals surface area (Å²) in [4.78, 5) is 44.0. The number of piperazine rings is 1. The van der Waals surface area contributed by atoms with E-state index >= 15 is 0 Å². The molecule has 0 aliphatic carbocycles. The van der Waals surface area contributed by atoms with Crippen LogP contribution in [0, 0.1) is 0 Å². The molecule has 2 unspecified atom stereocenters. The van der Waals surface area contributed by atoms with Crippen LogP contribution in [0.3, 0.4) is 0 Å². The maximum atomic E-state index is 14.2. The van der Waals surface area contributed by atoms with E-state index in [0.29, 0.717) is 37.7 Å². The largest absolute Gasteiger partial charge is 0.466 e. The van der Waals surface area contributed by atoms with Crippen LogP contribution in [0.1, 0.15) is 56.4 Å². The number of hydrogen-bond acceptors (Lipinski definition) is 9. The van der Waals surface area contributed by atoms with Crippen molar-refractivity contribution in [3.63, 3.8) is 0 Å². The number of ether oxygens (including phenoxy) is 3. The minimum absolute atomic E-state index is 0.0190. The number of carbonyl (C=O) groups is 2. The van der Waals surface area contributed by atoms with Gasteiger partial charge in [-0.25, -0.2) is 14.0 Å². The van der Waals surface area contributed by atoms with Gasteiger partial charge in [-0.3, -0.25) is 14.5 Å². The van der Waals surface area contributed by atoms with Gasteiger partial charge >= 0.3 is 11.7 Å². The van der Waals surface area contributed by atoms with Crippen molar-refractivity contribution in [2.45, 2.75) is 45.3 Å². The van der Waals surface area contributed by atoms with Crippen molar-refractivity contribution < 1.29 is 23.8 Å². The first-order valence-corrected chi connectivity index (χ1v) is 16.0. The molecule has 2 aliphatic rings. The average Bonchev–Trinajstić information content (AvgIpc) is 3.72. The topological polar surface area (TPSA) is 120 Å². The van der Waals surface area contributed by atoms with E-state index in [-0.39, 0.29) is 37.5 Å². The van der Waals surface area contributed by atoms with Gasteiger partial charge in [-0.15, -0.1) is 0 Å². The van der Waals surface area contributed by atoms with Crippen LogP contribution in [0.2, 0.25) is 0 Å². The molecule has 1 fully saturated rings. The number of benzene rings is 3. The van der Waals surface area contributed by atoms with Gasteiger partial charge in [0.2, 0.25) is 12.7 Å². The molecule has 2 aliphatic heterocycles. The summed E-state index contributed by atoms with van der Waals surface area (Å²) in [5, 5.41) is 7.39. The maximum Gasteiger partial charge on any atom is 0.350 e. The molecule has 0 saturated carbocycles. The Morgan fingerprint density at radius 1 is 0.894 bits per heavy atom. The molecule has 1 aromatic heterocycles. The molecule has 3 heterocycles. The lowest BCUT2D eigenvalue weighted by Crippen LogP contribution is -2.51. The predicted octanol–water partition coefficient (Wildman–Crippen LogP) is 4.02. The van der Waals surface area contributed by atoms with Crippen molar-refractivity contribution in [2.75, 3.05) is 44.5 Å².